The summed E-state index contributed by atoms with van der Waals surface area (Å²) in [5.41, 5.74) is 0.699. The molecule has 1 aromatic heterocycles. The van der Waals surface area contributed by atoms with Crippen LogP contribution >= 0.6 is 23.2 Å². The van der Waals surface area contributed by atoms with Crippen LogP contribution in [0.4, 0.5) is 4.79 Å². The van der Waals surface area contributed by atoms with Crippen molar-refractivity contribution in [3.05, 3.63) is 27.9 Å². The summed E-state index contributed by atoms with van der Waals surface area (Å²) < 4.78 is 14.9. The molecule has 1 amide bonds. The highest BCUT2D eigenvalue weighted by Crippen LogP contribution is 2.27. The van der Waals surface area contributed by atoms with Crippen LogP contribution in [0.2, 0.25) is 10.0 Å². The molecule has 0 N–H and O–H groups in total. The van der Waals surface area contributed by atoms with Gasteiger partial charge >= 0.3 is 11.8 Å². The van der Waals surface area contributed by atoms with Crippen LogP contribution in [0.25, 0.3) is 11.2 Å². The number of nitrogens with zero attached hydrogens (tertiary/aromatic N) is 1. The molecule has 0 fully saturated rings. The Hall–Kier alpha value is -1.46. The van der Waals surface area contributed by atoms with Crippen molar-refractivity contribution in [3.8, 4) is 0 Å². The Morgan fingerprint density at radius 3 is 2.29 bits per heavy atom. The summed E-state index contributed by atoms with van der Waals surface area (Å²) in [6.07, 6.45) is -0.785. The van der Waals surface area contributed by atoms with Gasteiger partial charge in [-0.3, -0.25) is 0 Å². The van der Waals surface area contributed by atoms with Crippen LogP contribution in [0.5, 0.6) is 0 Å². The molecule has 1 heterocycles. The monoisotopic (exact) mass is 275 g/mol. The Morgan fingerprint density at radius 2 is 1.82 bits per heavy atom. The normalized spacial score (nSPS) is 10.5. The van der Waals surface area contributed by atoms with Crippen LogP contribution in [0.1, 0.15) is 6.92 Å². The second kappa shape index (κ2) is 4.81. The molecule has 1 aromatic carbocycles. The average molecular weight is 276 g/mol. The van der Waals surface area contributed by atoms with E-state index in [0.29, 0.717) is 21.2 Å². The molecule has 2 rings (SSSR count). The molecule has 0 saturated carbocycles. The highest BCUT2D eigenvalue weighted by Gasteiger charge is 2.08. The Balaban J connectivity index is 2.48. The lowest BCUT2D eigenvalue weighted by Crippen LogP contribution is -2.04. The minimum absolute atomic E-state index is 0.211. The van der Waals surface area contributed by atoms with Crippen molar-refractivity contribution in [2.45, 2.75) is 6.92 Å². The number of hydrogen-bond donors (Lipinski definition) is 0. The van der Waals surface area contributed by atoms with Crippen molar-refractivity contribution in [2.75, 3.05) is 6.61 Å². The van der Waals surface area contributed by atoms with Gasteiger partial charge in [-0.25, -0.2) is 4.79 Å². The number of ether oxygens (including phenoxy) is 1. The molecule has 7 heteroatoms. The van der Waals surface area contributed by atoms with Gasteiger partial charge in [0.2, 0.25) is 0 Å². The van der Waals surface area contributed by atoms with E-state index in [1.165, 1.54) is 12.1 Å². The van der Waals surface area contributed by atoms with Crippen LogP contribution < -0.4 is 5.75 Å². The Labute approximate surface area is 106 Å². The van der Waals surface area contributed by atoms with Crippen molar-refractivity contribution >= 4 is 40.5 Å². The van der Waals surface area contributed by atoms with Crippen LogP contribution in [0, 0.1) is 0 Å². The summed E-state index contributed by atoms with van der Waals surface area (Å²) in [5, 5.41) is 0.651. The summed E-state index contributed by atoms with van der Waals surface area (Å²) in [4.78, 5) is 14.5. The third-order valence-electron chi connectivity index (χ3n) is 1.83. The molecule has 0 aliphatic rings. The zero-order valence-electron chi connectivity index (χ0n) is 8.70. The number of fused-ring (bicyclic) bond motifs is 1. The fourth-order valence-electron chi connectivity index (χ4n) is 1.15. The minimum atomic E-state index is -0.785. The van der Waals surface area contributed by atoms with E-state index in [4.69, 9.17) is 32.0 Å². The summed E-state index contributed by atoms with van der Waals surface area (Å²) >= 11 is 11.6. The number of halogens is 2. The van der Waals surface area contributed by atoms with Gasteiger partial charge in [0, 0.05) is 12.1 Å². The Kier molecular flexibility index (Phi) is 3.40. The summed E-state index contributed by atoms with van der Waals surface area (Å²) in [7, 11) is 0. The molecule has 0 bridgehead atoms. The molecule has 0 aliphatic carbocycles. The fraction of sp³-hybridized carbons (Fsp3) is 0.200. The van der Waals surface area contributed by atoms with Crippen molar-refractivity contribution in [2.24, 2.45) is 4.99 Å². The molecule has 0 saturated heterocycles. The topological polar surface area (TPSA) is 64.9 Å². The number of carbonyl (C=O) groups excluding carboxylic acids is 1. The van der Waals surface area contributed by atoms with Gasteiger partial charge in [0.15, 0.2) is 11.2 Å². The molecule has 0 atom stereocenters. The van der Waals surface area contributed by atoms with Gasteiger partial charge in [0.05, 0.1) is 16.7 Å². The summed E-state index contributed by atoms with van der Waals surface area (Å²) in [6.45, 7) is 1.89. The van der Waals surface area contributed by atoms with E-state index in [2.05, 4.69) is 9.73 Å². The van der Waals surface area contributed by atoms with Gasteiger partial charge < -0.3 is 13.6 Å². The number of carbonyl (C=O) groups is 1. The SMILES string of the molecule is CCOC(=O)N=c1oc2cc(Cl)c(Cl)cc2o1. The van der Waals surface area contributed by atoms with Crippen molar-refractivity contribution in [3.63, 3.8) is 0 Å². The third-order valence-corrected chi connectivity index (χ3v) is 2.55. The predicted octanol–water partition coefficient (Wildman–Crippen LogP) is 3.39. The summed E-state index contributed by atoms with van der Waals surface area (Å²) in [5.74, 6) is -0.211. The van der Waals surface area contributed by atoms with E-state index in [1.807, 2.05) is 0 Å². The standard InChI is InChI=1S/C10H7Cl2NO4/c1-2-15-9(14)13-10-16-7-3-5(11)6(12)4-8(7)17-10/h3-4H,2H2,1H3. The lowest BCUT2D eigenvalue weighted by Gasteiger charge is -1.91. The molecule has 90 valence electrons. The van der Waals surface area contributed by atoms with Crippen molar-refractivity contribution in [1.82, 2.24) is 0 Å². The molecule has 5 nitrogen and oxygen atoms in total. The first kappa shape index (κ1) is 12.0. The number of hydrogen-bond acceptors (Lipinski definition) is 4. The maximum atomic E-state index is 11.1. The van der Waals surface area contributed by atoms with Crippen LogP contribution in [0.15, 0.2) is 26.0 Å². The van der Waals surface area contributed by atoms with Gasteiger partial charge in [0.1, 0.15) is 0 Å². The molecule has 17 heavy (non-hydrogen) atoms. The first-order chi connectivity index (χ1) is 8.10. The molecule has 2 aromatic rings. The molecule has 0 radical (unpaired) electrons. The second-order valence-corrected chi connectivity index (χ2v) is 3.81. The van der Waals surface area contributed by atoms with Gasteiger partial charge in [-0.15, -0.1) is 4.99 Å². The first-order valence-corrected chi connectivity index (χ1v) is 5.46. The molecule has 0 unspecified atom stereocenters. The van der Waals surface area contributed by atoms with E-state index in [1.54, 1.807) is 6.92 Å². The maximum absolute atomic E-state index is 11.1. The predicted molar refractivity (Wildman–Crippen MR) is 61.1 cm³/mol. The van der Waals surface area contributed by atoms with Gasteiger partial charge in [-0.2, -0.15) is 0 Å². The molecule has 0 aliphatic heterocycles. The van der Waals surface area contributed by atoms with E-state index in [9.17, 15) is 4.79 Å². The highest BCUT2D eigenvalue weighted by molar-refractivity contribution is 6.42. The Morgan fingerprint density at radius 1 is 1.29 bits per heavy atom. The lowest BCUT2D eigenvalue weighted by atomic mass is 10.3. The van der Waals surface area contributed by atoms with Crippen LogP contribution in [0.3, 0.4) is 0 Å². The van der Waals surface area contributed by atoms with Crippen molar-refractivity contribution in [1.29, 1.82) is 0 Å². The maximum Gasteiger partial charge on any atom is 0.439 e. The van der Waals surface area contributed by atoms with E-state index in [0.717, 1.165) is 0 Å². The fourth-order valence-corrected chi connectivity index (χ4v) is 1.46. The quantitative estimate of drug-likeness (QED) is 0.800. The van der Waals surface area contributed by atoms with Crippen LogP contribution in [-0.4, -0.2) is 12.7 Å². The molecular weight excluding hydrogens is 269 g/mol. The highest BCUT2D eigenvalue weighted by atomic mass is 35.5. The number of amides is 1. The summed E-state index contributed by atoms with van der Waals surface area (Å²) in [6, 6.07) is 2.96. The smallest absolute Gasteiger partial charge is 0.439 e. The second-order valence-electron chi connectivity index (χ2n) is 2.99. The molecular formula is C10H7Cl2NO4. The number of benzene rings is 1. The van der Waals surface area contributed by atoms with Gasteiger partial charge in [0.25, 0.3) is 0 Å². The minimum Gasteiger partial charge on any atom is -0.448 e. The first-order valence-electron chi connectivity index (χ1n) is 4.70. The average Bonchev–Trinajstić information content (AvgIpc) is 2.60. The number of rotatable bonds is 1. The van der Waals surface area contributed by atoms with Gasteiger partial charge in [-0.1, -0.05) is 23.2 Å². The zero-order valence-corrected chi connectivity index (χ0v) is 10.2. The van der Waals surface area contributed by atoms with E-state index >= 15 is 0 Å². The zero-order chi connectivity index (χ0) is 12.4. The Bertz CT molecular complexity index is 587. The third kappa shape index (κ3) is 2.62. The van der Waals surface area contributed by atoms with E-state index in [-0.39, 0.29) is 12.4 Å². The van der Waals surface area contributed by atoms with Gasteiger partial charge in [-0.05, 0) is 6.92 Å². The van der Waals surface area contributed by atoms with Crippen molar-refractivity contribution < 1.29 is 18.4 Å². The largest absolute Gasteiger partial charge is 0.448 e. The van der Waals surface area contributed by atoms with E-state index < -0.39 is 6.09 Å². The molecule has 0 spiro atoms. The van der Waals surface area contributed by atoms with Crippen LogP contribution in [-0.2, 0) is 4.74 Å². The lowest BCUT2D eigenvalue weighted by molar-refractivity contribution is 0.160.